The van der Waals surface area contributed by atoms with E-state index in [4.69, 9.17) is 5.73 Å². The first-order valence-electron chi connectivity index (χ1n) is 6.52. The highest BCUT2D eigenvalue weighted by atomic mass is 32.1. The molecule has 2 N–H and O–H groups in total. The molecule has 2 heteroatoms. The molecule has 3 aromatic rings. The minimum Gasteiger partial charge on any atom is -0.324 e. The van der Waals surface area contributed by atoms with Crippen molar-refractivity contribution in [1.29, 1.82) is 0 Å². The molecular weight excluding hydrogens is 250 g/mol. The normalized spacial score (nSPS) is 12.7. The largest absolute Gasteiger partial charge is 0.324 e. The van der Waals surface area contributed by atoms with Crippen LogP contribution < -0.4 is 5.73 Å². The molecule has 0 saturated heterocycles. The summed E-state index contributed by atoms with van der Waals surface area (Å²) in [6, 6.07) is 17.1. The fraction of sp³-hybridized carbons (Fsp3) is 0.176. The number of hydrogen-bond donors (Lipinski definition) is 1. The molecule has 0 aliphatic carbocycles. The maximum atomic E-state index is 6.43. The van der Waals surface area contributed by atoms with Gasteiger partial charge in [-0.15, -0.1) is 11.3 Å². The molecule has 0 amide bonds. The van der Waals surface area contributed by atoms with E-state index in [-0.39, 0.29) is 6.04 Å². The SMILES string of the molecule is Cc1ccccc1CC(N)c1cccc2ccsc12. The molecule has 19 heavy (non-hydrogen) atoms. The highest BCUT2D eigenvalue weighted by Gasteiger charge is 2.12. The van der Waals surface area contributed by atoms with E-state index in [0.717, 1.165) is 6.42 Å². The lowest BCUT2D eigenvalue weighted by molar-refractivity contribution is 0.726. The second kappa shape index (κ2) is 5.16. The van der Waals surface area contributed by atoms with E-state index >= 15 is 0 Å². The standard InChI is InChI=1S/C17H17NS/c1-12-5-2-3-6-14(12)11-16(18)15-8-4-7-13-9-10-19-17(13)15/h2-10,16H,11,18H2,1H3. The summed E-state index contributed by atoms with van der Waals surface area (Å²) in [4.78, 5) is 0. The summed E-state index contributed by atoms with van der Waals surface area (Å²) >= 11 is 1.78. The zero-order valence-electron chi connectivity index (χ0n) is 11.0. The molecule has 0 bridgehead atoms. The number of benzene rings is 2. The van der Waals surface area contributed by atoms with Gasteiger partial charge >= 0.3 is 0 Å². The van der Waals surface area contributed by atoms with Crippen molar-refractivity contribution in [2.45, 2.75) is 19.4 Å². The van der Waals surface area contributed by atoms with E-state index in [1.807, 2.05) is 0 Å². The van der Waals surface area contributed by atoms with Crippen LogP contribution >= 0.6 is 11.3 Å². The van der Waals surface area contributed by atoms with Crippen LogP contribution in [-0.4, -0.2) is 0 Å². The molecule has 1 nitrogen and oxygen atoms in total. The van der Waals surface area contributed by atoms with Gasteiger partial charge in [0.1, 0.15) is 0 Å². The highest BCUT2D eigenvalue weighted by molar-refractivity contribution is 7.17. The lowest BCUT2D eigenvalue weighted by Gasteiger charge is -2.14. The van der Waals surface area contributed by atoms with Gasteiger partial charge in [-0.2, -0.15) is 0 Å². The zero-order chi connectivity index (χ0) is 13.2. The third kappa shape index (κ3) is 2.42. The predicted octanol–water partition coefficient (Wildman–Crippen LogP) is 4.45. The van der Waals surface area contributed by atoms with Crippen LogP contribution in [0.3, 0.4) is 0 Å². The molecule has 1 unspecified atom stereocenters. The van der Waals surface area contributed by atoms with Crippen molar-refractivity contribution >= 4 is 21.4 Å². The third-order valence-corrected chi connectivity index (χ3v) is 4.59. The van der Waals surface area contributed by atoms with Crippen LogP contribution in [0.5, 0.6) is 0 Å². The Morgan fingerprint density at radius 3 is 2.74 bits per heavy atom. The fourth-order valence-electron chi connectivity index (χ4n) is 2.49. The topological polar surface area (TPSA) is 26.0 Å². The third-order valence-electron chi connectivity index (χ3n) is 3.61. The van der Waals surface area contributed by atoms with Gasteiger partial charge in [-0.3, -0.25) is 0 Å². The van der Waals surface area contributed by atoms with Gasteiger partial charge in [0.05, 0.1) is 0 Å². The van der Waals surface area contributed by atoms with Crippen LogP contribution in [0.4, 0.5) is 0 Å². The number of rotatable bonds is 3. The van der Waals surface area contributed by atoms with E-state index in [0.29, 0.717) is 0 Å². The lowest BCUT2D eigenvalue weighted by Crippen LogP contribution is -2.14. The molecule has 3 rings (SSSR count). The van der Waals surface area contributed by atoms with Gasteiger partial charge in [-0.1, -0.05) is 42.5 Å². The summed E-state index contributed by atoms with van der Waals surface area (Å²) in [6.07, 6.45) is 0.893. The number of fused-ring (bicyclic) bond motifs is 1. The Kier molecular flexibility index (Phi) is 3.36. The van der Waals surface area contributed by atoms with Crippen LogP contribution in [0, 0.1) is 6.92 Å². The van der Waals surface area contributed by atoms with Crippen molar-refractivity contribution in [3.63, 3.8) is 0 Å². The number of nitrogens with two attached hydrogens (primary N) is 1. The summed E-state index contributed by atoms with van der Waals surface area (Å²) in [6.45, 7) is 2.15. The van der Waals surface area contributed by atoms with Gasteiger partial charge in [-0.05, 0) is 46.9 Å². The van der Waals surface area contributed by atoms with Gasteiger partial charge in [-0.25, -0.2) is 0 Å². The van der Waals surface area contributed by atoms with Crippen molar-refractivity contribution in [2.24, 2.45) is 5.73 Å². The van der Waals surface area contributed by atoms with Crippen LogP contribution in [0.15, 0.2) is 53.9 Å². The smallest absolute Gasteiger partial charge is 0.0390 e. The van der Waals surface area contributed by atoms with E-state index in [1.54, 1.807) is 11.3 Å². The van der Waals surface area contributed by atoms with Crippen LogP contribution in [-0.2, 0) is 6.42 Å². The summed E-state index contributed by atoms with van der Waals surface area (Å²) in [5.41, 5.74) is 10.3. The highest BCUT2D eigenvalue weighted by Crippen LogP contribution is 2.29. The first-order chi connectivity index (χ1) is 9.25. The number of hydrogen-bond acceptors (Lipinski definition) is 2. The van der Waals surface area contributed by atoms with E-state index < -0.39 is 0 Å². The maximum absolute atomic E-state index is 6.43. The van der Waals surface area contributed by atoms with E-state index in [1.165, 1.54) is 26.8 Å². The van der Waals surface area contributed by atoms with Crippen LogP contribution in [0.2, 0.25) is 0 Å². The minimum absolute atomic E-state index is 0.0587. The summed E-state index contributed by atoms with van der Waals surface area (Å²) < 4.78 is 1.32. The van der Waals surface area contributed by atoms with Gasteiger partial charge in [0.2, 0.25) is 0 Å². The Hall–Kier alpha value is -1.64. The Morgan fingerprint density at radius 2 is 1.89 bits per heavy atom. The molecule has 1 atom stereocenters. The molecule has 2 aromatic carbocycles. The second-order valence-electron chi connectivity index (χ2n) is 4.92. The first kappa shape index (κ1) is 12.4. The van der Waals surface area contributed by atoms with Gasteiger partial charge in [0.15, 0.2) is 0 Å². The lowest BCUT2D eigenvalue weighted by atomic mass is 9.96. The zero-order valence-corrected chi connectivity index (χ0v) is 11.8. The average molecular weight is 267 g/mol. The van der Waals surface area contributed by atoms with Crippen molar-refractivity contribution in [3.05, 3.63) is 70.6 Å². The first-order valence-corrected chi connectivity index (χ1v) is 7.40. The Balaban J connectivity index is 1.94. The second-order valence-corrected chi connectivity index (χ2v) is 5.84. The van der Waals surface area contributed by atoms with Gasteiger partial charge in [0, 0.05) is 10.7 Å². The fourth-order valence-corrected chi connectivity index (χ4v) is 3.47. The van der Waals surface area contributed by atoms with Gasteiger partial charge < -0.3 is 5.73 Å². The molecule has 0 spiro atoms. The summed E-state index contributed by atoms with van der Waals surface area (Å²) in [5, 5.41) is 3.43. The molecule has 1 heterocycles. The molecule has 96 valence electrons. The Labute approximate surface area is 117 Å². The molecule has 0 aliphatic heterocycles. The number of aryl methyl sites for hydroxylation is 1. The van der Waals surface area contributed by atoms with Gasteiger partial charge in [0.25, 0.3) is 0 Å². The molecule has 0 fully saturated rings. The molecular formula is C17H17NS. The quantitative estimate of drug-likeness (QED) is 0.745. The number of thiophene rings is 1. The Bertz CT molecular complexity index is 699. The molecule has 0 saturated carbocycles. The summed E-state index contributed by atoms with van der Waals surface area (Å²) in [7, 11) is 0. The minimum atomic E-state index is 0.0587. The summed E-state index contributed by atoms with van der Waals surface area (Å²) in [5.74, 6) is 0. The van der Waals surface area contributed by atoms with Crippen LogP contribution in [0.25, 0.3) is 10.1 Å². The Morgan fingerprint density at radius 1 is 1.05 bits per heavy atom. The van der Waals surface area contributed by atoms with Crippen molar-refractivity contribution in [2.75, 3.05) is 0 Å². The molecule has 0 radical (unpaired) electrons. The van der Waals surface area contributed by atoms with E-state index in [2.05, 4.69) is 60.8 Å². The molecule has 1 aromatic heterocycles. The van der Waals surface area contributed by atoms with Crippen molar-refractivity contribution < 1.29 is 0 Å². The van der Waals surface area contributed by atoms with Crippen molar-refractivity contribution in [3.8, 4) is 0 Å². The molecule has 0 aliphatic rings. The predicted molar refractivity (Wildman–Crippen MR) is 83.6 cm³/mol. The maximum Gasteiger partial charge on any atom is 0.0390 e. The van der Waals surface area contributed by atoms with Crippen LogP contribution in [0.1, 0.15) is 22.7 Å². The average Bonchev–Trinajstić information content (AvgIpc) is 2.89. The van der Waals surface area contributed by atoms with Crippen molar-refractivity contribution in [1.82, 2.24) is 0 Å². The monoisotopic (exact) mass is 267 g/mol. The van der Waals surface area contributed by atoms with E-state index in [9.17, 15) is 0 Å².